The van der Waals surface area contributed by atoms with Gasteiger partial charge in [-0.3, -0.25) is 4.79 Å². The van der Waals surface area contributed by atoms with Crippen molar-refractivity contribution in [2.75, 3.05) is 27.3 Å². The van der Waals surface area contributed by atoms with Crippen molar-refractivity contribution in [1.82, 2.24) is 10.2 Å². The number of nitrogens with one attached hydrogen (secondary N) is 1. The lowest BCUT2D eigenvalue weighted by molar-refractivity contribution is -0.129. The van der Waals surface area contributed by atoms with Gasteiger partial charge in [0, 0.05) is 25.6 Å². The summed E-state index contributed by atoms with van der Waals surface area (Å²) in [4.78, 5) is 14.4. The molecule has 0 saturated carbocycles. The summed E-state index contributed by atoms with van der Waals surface area (Å²) in [6.45, 7) is 2.53. The molecular weight excluding hydrogens is 352 g/mol. The summed E-state index contributed by atoms with van der Waals surface area (Å²) in [5, 5.41) is 3.50. The Morgan fingerprint density at radius 1 is 1.04 bits per heavy atom. The molecular formula is C23H30N2O3. The Bertz CT molecular complexity index is 764. The predicted molar refractivity (Wildman–Crippen MR) is 111 cm³/mol. The van der Waals surface area contributed by atoms with Gasteiger partial charge in [-0.15, -0.1) is 0 Å². The standard InChI is InChI=1S/C23H30N2O3/c1-27-21-10-8-18(16-22(21)28-2)13-15-25-20(9-11-23(25)26)12-14-24-17-19-6-4-3-5-7-19/h3-8,10,16,20,24H,9,11-15,17H2,1-2H3/t20-/m1/s1. The SMILES string of the molecule is COc1ccc(CCN2C(=O)CC[C@@H]2CCNCc2ccccc2)cc1OC. The first-order valence-electron chi connectivity index (χ1n) is 9.96. The first-order chi connectivity index (χ1) is 13.7. The lowest BCUT2D eigenvalue weighted by Crippen LogP contribution is -2.36. The second-order valence-corrected chi connectivity index (χ2v) is 7.17. The van der Waals surface area contributed by atoms with Gasteiger partial charge in [0.2, 0.25) is 5.91 Å². The molecule has 1 aliphatic heterocycles. The molecule has 2 aromatic carbocycles. The average molecular weight is 383 g/mol. The minimum atomic E-state index is 0.272. The van der Waals surface area contributed by atoms with Gasteiger partial charge in [0.05, 0.1) is 14.2 Å². The number of likely N-dealkylation sites (tertiary alicyclic amines) is 1. The Kier molecular flexibility index (Phi) is 7.31. The van der Waals surface area contributed by atoms with Crippen molar-refractivity contribution >= 4 is 5.91 Å². The highest BCUT2D eigenvalue weighted by Gasteiger charge is 2.29. The van der Waals surface area contributed by atoms with Crippen LogP contribution in [0.3, 0.4) is 0 Å². The highest BCUT2D eigenvalue weighted by molar-refractivity contribution is 5.78. The van der Waals surface area contributed by atoms with Crippen LogP contribution in [0.25, 0.3) is 0 Å². The van der Waals surface area contributed by atoms with E-state index in [4.69, 9.17) is 9.47 Å². The number of hydrogen-bond acceptors (Lipinski definition) is 4. The number of rotatable bonds is 10. The third-order valence-corrected chi connectivity index (χ3v) is 5.37. The number of hydrogen-bond donors (Lipinski definition) is 1. The van der Waals surface area contributed by atoms with Crippen molar-refractivity contribution in [1.29, 1.82) is 0 Å². The summed E-state index contributed by atoms with van der Waals surface area (Å²) in [5.41, 5.74) is 2.44. The van der Waals surface area contributed by atoms with Gasteiger partial charge in [-0.25, -0.2) is 0 Å². The molecule has 0 unspecified atom stereocenters. The molecule has 1 aliphatic rings. The molecule has 0 aromatic heterocycles. The molecule has 1 heterocycles. The van der Waals surface area contributed by atoms with Gasteiger partial charge in [-0.2, -0.15) is 0 Å². The molecule has 0 radical (unpaired) electrons. The van der Waals surface area contributed by atoms with E-state index < -0.39 is 0 Å². The Labute approximate surface area is 167 Å². The number of benzene rings is 2. The molecule has 1 N–H and O–H groups in total. The van der Waals surface area contributed by atoms with Crippen molar-refractivity contribution in [3.8, 4) is 11.5 Å². The second kappa shape index (κ2) is 10.1. The number of amides is 1. The van der Waals surface area contributed by atoms with E-state index in [2.05, 4.69) is 34.5 Å². The summed E-state index contributed by atoms with van der Waals surface area (Å²) in [6, 6.07) is 16.7. The van der Waals surface area contributed by atoms with E-state index in [0.717, 1.165) is 56.0 Å². The van der Waals surface area contributed by atoms with Gasteiger partial charge in [0.1, 0.15) is 0 Å². The summed E-state index contributed by atoms with van der Waals surface area (Å²) in [6.07, 6.45) is 3.43. The van der Waals surface area contributed by atoms with Crippen molar-refractivity contribution in [3.63, 3.8) is 0 Å². The van der Waals surface area contributed by atoms with Crippen LogP contribution >= 0.6 is 0 Å². The molecule has 5 heteroatoms. The van der Waals surface area contributed by atoms with Crippen LogP contribution in [0, 0.1) is 0 Å². The number of ether oxygens (including phenoxy) is 2. The first-order valence-corrected chi connectivity index (χ1v) is 9.96. The topological polar surface area (TPSA) is 50.8 Å². The van der Waals surface area contributed by atoms with Crippen LogP contribution in [0.2, 0.25) is 0 Å². The molecule has 2 aromatic rings. The number of methoxy groups -OCH3 is 2. The van der Waals surface area contributed by atoms with E-state index in [1.807, 2.05) is 24.3 Å². The van der Waals surface area contributed by atoms with Crippen LogP contribution in [0.4, 0.5) is 0 Å². The zero-order valence-corrected chi connectivity index (χ0v) is 16.8. The van der Waals surface area contributed by atoms with Crippen LogP contribution in [-0.4, -0.2) is 44.2 Å². The van der Waals surface area contributed by atoms with Crippen molar-refractivity contribution < 1.29 is 14.3 Å². The van der Waals surface area contributed by atoms with E-state index >= 15 is 0 Å². The molecule has 5 nitrogen and oxygen atoms in total. The molecule has 3 rings (SSSR count). The molecule has 1 fully saturated rings. The quantitative estimate of drug-likeness (QED) is 0.640. The van der Waals surface area contributed by atoms with Gasteiger partial charge in [0.25, 0.3) is 0 Å². The van der Waals surface area contributed by atoms with E-state index in [1.165, 1.54) is 5.56 Å². The van der Waals surface area contributed by atoms with Crippen molar-refractivity contribution in [2.24, 2.45) is 0 Å². The van der Waals surface area contributed by atoms with Crippen molar-refractivity contribution in [3.05, 3.63) is 59.7 Å². The maximum absolute atomic E-state index is 12.3. The van der Waals surface area contributed by atoms with Crippen LogP contribution in [0.15, 0.2) is 48.5 Å². The second-order valence-electron chi connectivity index (χ2n) is 7.17. The Morgan fingerprint density at radius 2 is 1.82 bits per heavy atom. The molecule has 1 saturated heterocycles. The molecule has 1 amide bonds. The van der Waals surface area contributed by atoms with Crippen molar-refractivity contribution in [2.45, 2.75) is 38.3 Å². The molecule has 0 aliphatic carbocycles. The van der Waals surface area contributed by atoms with E-state index in [1.54, 1.807) is 14.2 Å². The van der Waals surface area contributed by atoms with Gasteiger partial charge in [0.15, 0.2) is 11.5 Å². The summed E-state index contributed by atoms with van der Waals surface area (Å²) in [7, 11) is 3.28. The molecule has 150 valence electrons. The summed E-state index contributed by atoms with van der Waals surface area (Å²) < 4.78 is 10.7. The fourth-order valence-electron chi connectivity index (χ4n) is 3.78. The van der Waals surface area contributed by atoms with E-state index in [-0.39, 0.29) is 5.91 Å². The van der Waals surface area contributed by atoms with Crippen LogP contribution in [0.5, 0.6) is 11.5 Å². The van der Waals surface area contributed by atoms with Gasteiger partial charge in [-0.1, -0.05) is 36.4 Å². The largest absolute Gasteiger partial charge is 0.493 e. The van der Waals surface area contributed by atoms with Gasteiger partial charge in [-0.05, 0) is 49.1 Å². The lowest BCUT2D eigenvalue weighted by Gasteiger charge is -2.25. The minimum absolute atomic E-state index is 0.272. The Hall–Kier alpha value is -2.53. The number of carbonyl (C=O) groups excluding carboxylic acids is 1. The minimum Gasteiger partial charge on any atom is -0.493 e. The smallest absolute Gasteiger partial charge is 0.222 e. The maximum atomic E-state index is 12.3. The highest BCUT2D eigenvalue weighted by atomic mass is 16.5. The first kappa shape index (κ1) is 20.2. The average Bonchev–Trinajstić information content (AvgIpc) is 3.09. The van der Waals surface area contributed by atoms with E-state index in [0.29, 0.717) is 12.5 Å². The molecule has 1 atom stereocenters. The highest BCUT2D eigenvalue weighted by Crippen LogP contribution is 2.28. The predicted octanol–water partition coefficient (Wildman–Crippen LogP) is 3.42. The number of nitrogens with zero attached hydrogens (tertiary/aromatic N) is 1. The lowest BCUT2D eigenvalue weighted by atomic mass is 10.1. The summed E-state index contributed by atoms with van der Waals surface area (Å²) in [5.74, 6) is 1.73. The fourth-order valence-corrected chi connectivity index (χ4v) is 3.78. The number of carbonyl (C=O) groups is 1. The van der Waals surface area contributed by atoms with Gasteiger partial charge < -0.3 is 19.7 Å². The zero-order valence-electron chi connectivity index (χ0n) is 16.8. The van der Waals surface area contributed by atoms with Crippen LogP contribution < -0.4 is 14.8 Å². The molecule has 0 spiro atoms. The Balaban J connectivity index is 1.48. The van der Waals surface area contributed by atoms with Gasteiger partial charge >= 0.3 is 0 Å². The third-order valence-electron chi connectivity index (χ3n) is 5.37. The van der Waals surface area contributed by atoms with Crippen LogP contribution in [0.1, 0.15) is 30.4 Å². The van der Waals surface area contributed by atoms with E-state index in [9.17, 15) is 4.79 Å². The zero-order chi connectivity index (χ0) is 19.8. The summed E-state index contributed by atoms with van der Waals surface area (Å²) >= 11 is 0. The Morgan fingerprint density at radius 3 is 2.57 bits per heavy atom. The normalized spacial score (nSPS) is 16.4. The third kappa shape index (κ3) is 5.26. The maximum Gasteiger partial charge on any atom is 0.222 e. The monoisotopic (exact) mass is 382 g/mol. The fraction of sp³-hybridized carbons (Fsp3) is 0.435. The van der Waals surface area contributed by atoms with Crippen LogP contribution in [-0.2, 0) is 17.8 Å². The molecule has 0 bridgehead atoms. The molecule has 28 heavy (non-hydrogen) atoms.